The summed E-state index contributed by atoms with van der Waals surface area (Å²) in [5.74, 6) is 0.297. The molecule has 0 fully saturated rings. The second kappa shape index (κ2) is 7.21. The number of carbonyl (C=O) groups is 1. The van der Waals surface area contributed by atoms with Crippen molar-refractivity contribution in [2.75, 3.05) is 12.4 Å². The standard InChI is InChI=1S/C9H19NO2S/c1-4-12-9(11)6-13-8(3)5-7(2)10/h7-8H,4-6,10H2,1-3H3. The molecule has 0 aromatic heterocycles. The summed E-state index contributed by atoms with van der Waals surface area (Å²) < 4.78 is 4.81. The van der Waals surface area contributed by atoms with Crippen LogP contribution in [0.5, 0.6) is 0 Å². The summed E-state index contributed by atoms with van der Waals surface area (Å²) in [4.78, 5) is 11.0. The molecule has 0 radical (unpaired) electrons. The minimum Gasteiger partial charge on any atom is -0.465 e. The summed E-state index contributed by atoms with van der Waals surface area (Å²) in [6, 6.07) is 0.199. The van der Waals surface area contributed by atoms with Gasteiger partial charge in [0.15, 0.2) is 0 Å². The van der Waals surface area contributed by atoms with Crippen molar-refractivity contribution in [3.05, 3.63) is 0 Å². The largest absolute Gasteiger partial charge is 0.465 e. The molecule has 78 valence electrons. The van der Waals surface area contributed by atoms with Gasteiger partial charge in [0.25, 0.3) is 0 Å². The first-order valence-corrected chi connectivity index (χ1v) is 5.64. The molecule has 0 aliphatic rings. The van der Waals surface area contributed by atoms with E-state index in [0.717, 1.165) is 6.42 Å². The number of thioether (sulfide) groups is 1. The van der Waals surface area contributed by atoms with Crippen molar-refractivity contribution in [3.63, 3.8) is 0 Å². The van der Waals surface area contributed by atoms with Crippen LogP contribution in [0.25, 0.3) is 0 Å². The fraction of sp³-hybridized carbons (Fsp3) is 0.889. The lowest BCUT2D eigenvalue weighted by Crippen LogP contribution is -2.20. The Morgan fingerprint density at radius 3 is 2.62 bits per heavy atom. The molecule has 2 N–H and O–H groups in total. The Morgan fingerprint density at radius 2 is 2.15 bits per heavy atom. The highest BCUT2D eigenvalue weighted by Gasteiger charge is 2.09. The third-order valence-corrected chi connectivity index (χ3v) is 2.66. The molecule has 2 atom stereocenters. The number of rotatable bonds is 6. The molecule has 0 rings (SSSR count). The molecule has 4 heteroatoms. The lowest BCUT2D eigenvalue weighted by molar-refractivity contribution is -0.139. The lowest BCUT2D eigenvalue weighted by atomic mass is 10.2. The zero-order valence-corrected chi connectivity index (χ0v) is 9.39. The molecule has 13 heavy (non-hydrogen) atoms. The summed E-state index contributed by atoms with van der Waals surface area (Å²) in [5.41, 5.74) is 5.63. The highest BCUT2D eigenvalue weighted by Crippen LogP contribution is 2.15. The van der Waals surface area contributed by atoms with E-state index in [1.165, 1.54) is 0 Å². The Balaban J connectivity index is 3.45. The minimum atomic E-state index is -0.135. The molecule has 0 saturated heterocycles. The van der Waals surface area contributed by atoms with Gasteiger partial charge in [0.05, 0.1) is 12.4 Å². The van der Waals surface area contributed by atoms with E-state index < -0.39 is 0 Å². The number of esters is 1. The van der Waals surface area contributed by atoms with Gasteiger partial charge in [0.2, 0.25) is 0 Å². The van der Waals surface area contributed by atoms with Crippen LogP contribution in [-0.2, 0) is 9.53 Å². The average Bonchev–Trinajstić information content (AvgIpc) is 2.00. The van der Waals surface area contributed by atoms with Crippen molar-refractivity contribution in [3.8, 4) is 0 Å². The van der Waals surface area contributed by atoms with Gasteiger partial charge in [-0.2, -0.15) is 0 Å². The van der Waals surface area contributed by atoms with Gasteiger partial charge in [0, 0.05) is 11.3 Å². The van der Waals surface area contributed by atoms with Gasteiger partial charge >= 0.3 is 5.97 Å². The molecule has 0 aliphatic carbocycles. The Morgan fingerprint density at radius 1 is 1.54 bits per heavy atom. The van der Waals surface area contributed by atoms with E-state index in [1.54, 1.807) is 11.8 Å². The van der Waals surface area contributed by atoms with Gasteiger partial charge in [0.1, 0.15) is 0 Å². The van der Waals surface area contributed by atoms with Gasteiger partial charge in [-0.15, -0.1) is 11.8 Å². The maximum absolute atomic E-state index is 11.0. The number of carbonyl (C=O) groups excluding carboxylic acids is 1. The molecular weight excluding hydrogens is 186 g/mol. The second-order valence-electron chi connectivity index (χ2n) is 3.14. The summed E-state index contributed by atoms with van der Waals surface area (Å²) in [5, 5.41) is 0.421. The molecule has 0 heterocycles. The fourth-order valence-electron chi connectivity index (χ4n) is 1.00. The smallest absolute Gasteiger partial charge is 0.315 e. The van der Waals surface area contributed by atoms with Crippen molar-refractivity contribution in [2.24, 2.45) is 5.73 Å². The molecule has 0 bridgehead atoms. The van der Waals surface area contributed by atoms with E-state index in [-0.39, 0.29) is 12.0 Å². The molecule has 0 aromatic carbocycles. The van der Waals surface area contributed by atoms with Gasteiger partial charge in [-0.3, -0.25) is 4.79 Å². The normalized spacial score (nSPS) is 15.1. The van der Waals surface area contributed by atoms with Crippen LogP contribution >= 0.6 is 11.8 Å². The summed E-state index contributed by atoms with van der Waals surface area (Å²) in [6.45, 7) is 6.32. The monoisotopic (exact) mass is 205 g/mol. The Bertz CT molecular complexity index is 151. The molecule has 0 amide bonds. The predicted molar refractivity (Wildman–Crippen MR) is 56.8 cm³/mol. The highest BCUT2D eigenvalue weighted by molar-refractivity contribution is 8.00. The van der Waals surface area contributed by atoms with E-state index in [9.17, 15) is 4.79 Å². The van der Waals surface area contributed by atoms with Crippen LogP contribution in [0.2, 0.25) is 0 Å². The van der Waals surface area contributed by atoms with Crippen LogP contribution in [0.15, 0.2) is 0 Å². The third-order valence-electron chi connectivity index (χ3n) is 1.49. The van der Waals surface area contributed by atoms with Crippen molar-refractivity contribution in [2.45, 2.75) is 38.5 Å². The van der Waals surface area contributed by atoms with E-state index >= 15 is 0 Å². The van der Waals surface area contributed by atoms with Gasteiger partial charge in [-0.05, 0) is 20.3 Å². The van der Waals surface area contributed by atoms with E-state index in [0.29, 0.717) is 17.6 Å². The topological polar surface area (TPSA) is 52.3 Å². The minimum absolute atomic E-state index is 0.135. The number of nitrogens with two attached hydrogens (primary N) is 1. The summed E-state index contributed by atoms with van der Waals surface area (Å²) in [6.07, 6.45) is 0.935. The van der Waals surface area contributed by atoms with Gasteiger partial charge in [-0.1, -0.05) is 6.92 Å². The summed E-state index contributed by atoms with van der Waals surface area (Å²) in [7, 11) is 0. The van der Waals surface area contributed by atoms with E-state index in [1.807, 2.05) is 13.8 Å². The SMILES string of the molecule is CCOC(=O)CSC(C)CC(C)N. The predicted octanol–water partition coefficient (Wildman–Crippen LogP) is 1.41. The molecular formula is C9H19NO2S. The first kappa shape index (κ1) is 12.8. The number of ether oxygens (including phenoxy) is 1. The van der Waals surface area contributed by atoms with Crippen LogP contribution in [0.3, 0.4) is 0 Å². The van der Waals surface area contributed by atoms with Crippen molar-refractivity contribution < 1.29 is 9.53 Å². The Labute approximate surface area is 84.4 Å². The zero-order chi connectivity index (χ0) is 10.3. The van der Waals surface area contributed by atoms with E-state index in [4.69, 9.17) is 10.5 Å². The number of hydrogen-bond donors (Lipinski definition) is 1. The van der Waals surface area contributed by atoms with Crippen molar-refractivity contribution >= 4 is 17.7 Å². The molecule has 0 saturated carbocycles. The number of hydrogen-bond acceptors (Lipinski definition) is 4. The van der Waals surface area contributed by atoms with Crippen LogP contribution < -0.4 is 5.73 Å². The fourth-order valence-corrected chi connectivity index (χ4v) is 1.95. The molecule has 0 spiro atoms. The molecule has 2 unspecified atom stereocenters. The quantitative estimate of drug-likeness (QED) is 0.666. The van der Waals surface area contributed by atoms with E-state index in [2.05, 4.69) is 6.92 Å². The van der Waals surface area contributed by atoms with Crippen LogP contribution in [-0.4, -0.2) is 29.6 Å². The van der Waals surface area contributed by atoms with Crippen LogP contribution in [0, 0.1) is 0 Å². The van der Waals surface area contributed by atoms with Crippen LogP contribution in [0.4, 0.5) is 0 Å². The summed E-state index contributed by atoms with van der Waals surface area (Å²) >= 11 is 1.60. The zero-order valence-electron chi connectivity index (χ0n) is 8.58. The Hall–Kier alpha value is -0.220. The lowest BCUT2D eigenvalue weighted by Gasteiger charge is -2.12. The third kappa shape index (κ3) is 8.12. The average molecular weight is 205 g/mol. The maximum atomic E-state index is 11.0. The Kier molecular flexibility index (Phi) is 7.09. The first-order chi connectivity index (χ1) is 6.06. The van der Waals surface area contributed by atoms with Crippen molar-refractivity contribution in [1.29, 1.82) is 0 Å². The van der Waals surface area contributed by atoms with Crippen LogP contribution in [0.1, 0.15) is 27.2 Å². The first-order valence-electron chi connectivity index (χ1n) is 4.59. The molecule has 3 nitrogen and oxygen atoms in total. The van der Waals surface area contributed by atoms with Crippen molar-refractivity contribution in [1.82, 2.24) is 0 Å². The highest BCUT2D eigenvalue weighted by atomic mass is 32.2. The molecule has 0 aliphatic heterocycles. The van der Waals surface area contributed by atoms with Gasteiger partial charge < -0.3 is 10.5 Å². The maximum Gasteiger partial charge on any atom is 0.315 e. The van der Waals surface area contributed by atoms with Gasteiger partial charge in [-0.25, -0.2) is 0 Å². The molecule has 0 aromatic rings. The second-order valence-corrected chi connectivity index (χ2v) is 4.57.